The van der Waals surface area contributed by atoms with Gasteiger partial charge in [0.05, 0.1) is 5.38 Å². The van der Waals surface area contributed by atoms with Crippen molar-refractivity contribution in [2.24, 2.45) is 0 Å². The average molecular weight is 125 g/mol. The first-order valence-corrected chi connectivity index (χ1v) is 3.15. The molecule has 1 heterocycles. The van der Waals surface area contributed by atoms with E-state index >= 15 is 0 Å². The highest BCUT2D eigenvalue weighted by Crippen LogP contribution is 2.03. The van der Waals surface area contributed by atoms with Gasteiger partial charge < -0.3 is 0 Å². The fourth-order valence-electron chi connectivity index (χ4n) is 0.423. The lowest BCUT2D eigenvalue weighted by molar-refractivity contribution is 0.101. The third-order valence-electron chi connectivity index (χ3n) is 0.851. The van der Waals surface area contributed by atoms with Crippen LogP contribution in [0.25, 0.3) is 0 Å². The van der Waals surface area contributed by atoms with Gasteiger partial charge in [-0.1, -0.05) is 0 Å². The van der Waals surface area contributed by atoms with E-state index in [1.165, 1.54) is 11.3 Å². The monoisotopic (exact) mass is 125 g/mol. The van der Waals surface area contributed by atoms with Crippen molar-refractivity contribution in [3.63, 3.8) is 0 Å². The maximum Gasteiger partial charge on any atom is 0.161 e. The number of hydrogen-bond donors (Lipinski definition) is 0. The molecule has 1 nitrogen and oxygen atoms in total. The standard InChI is InChI=1S/C6H5OS/c1-5(7)6-2-3-8-4-6/h2-3H,1H3. The van der Waals surface area contributed by atoms with E-state index in [1.54, 1.807) is 13.0 Å². The lowest BCUT2D eigenvalue weighted by Crippen LogP contribution is -1.85. The molecule has 0 amide bonds. The molecule has 8 heavy (non-hydrogen) atoms. The lowest BCUT2D eigenvalue weighted by Gasteiger charge is -1.79. The minimum Gasteiger partial charge on any atom is -0.294 e. The van der Waals surface area contributed by atoms with Gasteiger partial charge in [-0.25, -0.2) is 0 Å². The molecule has 1 aromatic heterocycles. The van der Waals surface area contributed by atoms with Crippen LogP contribution in [-0.4, -0.2) is 5.78 Å². The van der Waals surface area contributed by atoms with Crippen molar-refractivity contribution >= 4 is 17.1 Å². The molecule has 0 saturated heterocycles. The molecule has 1 radical (unpaired) electrons. The number of thiophene rings is 1. The minimum absolute atomic E-state index is 0.0891. The zero-order chi connectivity index (χ0) is 5.98. The summed E-state index contributed by atoms with van der Waals surface area (Å²) < 4.78 is 0. The second-order valence-electron chi connectivity index (χ2n) is 1.49. The maximum atomic E-state index is 10.5. The van der Waals surface area contributed by atoms with E-state index < -0.39 is 0 Å². The summed E-state index contributed by atoms with van der Waals surface area (Å²) in [6, 6.07) is 1.77. The summed E-state index contributed by atoms with van der Waals surface area (Å²) in [5, 5.41) is 4.67. The third kappa shape index (κ3) is 0.954. The van der Waals surface area contributed by atoms with Crippen LogP contribution in [-0.2, 0) is 0 Å². The number of ketones is 1. The summed E-state index contributed by atoms with van der Waals surface area (Å²) in [5.41, 5.74) is 0.690. The van der Waals surface area contributed by atoms with E-state index in [9.17, 15) is 4.79 Å². The summed E-state index contributed by atoms with van der Waals surface area (Å²) >= 11 is 1.42. The Labute approximate surface area is 52.0 Å². The number of hydrogen-bond acceptors (Lipinski definition) is 2. The second-order valence-corrected chi connectivity index (χ2v) is 2.20. The third-order valence-corrected chi connectivity index (χ3v) is 1.46. The van der Waals surface area contributed by atoms with Crippen molar-refractivity contribution in [2.45, 2.75) is 6.92 Å². The Morgan fingerprint density at radius 3 is 2.88 bits per heavy atom. The molecular weight excluding hydrogens is 120 g/mol. The van der Waals surface area contributed by atoms with E-state index in [1.807, 2.05) is 5.38 Å². The van der Waals surface area contributed by atoms with Crippen LogP contribution in [0.2, 0.25) is 0 Å². The quantitative estimate of drug-likeness (QED) is 0.522. The normalized spacial score (nSPS) is 9.12. The van der Waals surface area contributed by atoms with Gasteiger partial charge in [0.1, 0.15) is 0 Å². The molecule has 0 aliphatic heterocycles. The summed E-state index contributed by atoms with van der Waals surface area (Å²) in [4.78, 5) is 10.5. The topological polar surface area (TPSA) is 17.1 Å². The van der Waals surface area contributed by atoms with Gasteiger partial charge in [0.2, 0.25) is 0 Å². The van der Waals surface area contributed by atoms with Crippen LogP contribution in [0.1, 0.15) is 17.3 Å². The Bertz CT molecular complexity index is 176. The van der Waals surface area contributed by atoms with Crippen LogP contribution in [0.15, 0.2) is 11.4 Å². The van der Waals surface area contributed by atoms with Crippen molar-refractivity contribution in [3.05, 3.63) is 22.4 Å². The van der Waals surface area contributed by atoms with E-state index in [0.29, 0.717) is 5.56 Å². The van der Waals surface area contributed by atoms with Crippen molar-refractivity contribution in [3.8, 4) is 0 Å². The Kier molecular flexibility index (Phi) is 1.44. The fourth-order valence-corrected chi connectivity index (χ4v) is 1.03. The Balaban J connectivity index is 2.93. The highest BCUT2D eigenvalue weighted by atomic mass is 32.1. The molecule has 2 heteroatoms. The lowest BCUT2D eigenvalue weighted by atomic mass is 10.2. The smallest absolute Gasteiger partial charge is 0.161 e. The zero-order valence-corrected chi connectivity index (χ0v) is 5.29. The van der Waals surface area contributed by atoms with E-state index in [-0.39, 0.29) is 5.78 Å². The molecule has 0 atom stereocenters. The molecule has 0 unspecified atom stereocenters. The van der Waals surface area contributed by atoms with Gasteiger partial charge in [0.25, 0.3) is 0 Å². The molecule has 0 aliphatic carbocycles. The molecule has 0 N–H and O–H groups in total. The summed E-state index contributed by atoms with van der Waals surface area (Å²) in [6.45, 7) is 1.54. The predicted molar refractivity (Wildman–Crippen MR) is 33.2 cm³/mol. The van der Waals surface area contributed by atoms with Crippen molar-refractivity contribution < 1.29 is 4.79 Å². The minimum atomic E-state index is 0.0891. The van der Waals surface area contributed by atoms with Crippen LogP contribution >= 0.6 is 11.3 Å². The summed E-state index contributed by atoms with van der Waals surface area (Å²) in [5.74, 6) is 0.0891. The Morgan fingerprint density at radius 1 is 1.88 bits per heavy atom. The van der Waals surface area contributed by atoms with Gasteiger partial charge >= 0.3 is 0 Å². The highest BCUT2D eigenvalue weighted by molar-refractivity contribution is 7.07. The highest BCUT2D eigenvalue weighted by Gasteiger charge is 1.95. The molecule has 1 aromatic rings. The van der Waals surface area contributed by atoms with Crippen LogP contribution < -0.4 is 0 Å². The molecule has 0 fully saturated rings. The molecule has 0 aromatic carbocycles. The van der Waals surface area contributed by atoms with E-state index in [0.717, 1.165) is 0 Å². The van der Waals surface area contributed by atoms with Gasteiger partial charge in [-0.05, 0) is 18.4 Å². The molecule has 1 rings (SSSR count). The number of carbonyl (C=O) groups is 1. The van der Waals surface area contributed by atoms with Gasteiger partial charge in [-0.3, -0.25) is 4.79 Å². The van der Waals surface area contributed by atoms with Crippen molar-refractivity contribution in [2.75, 3.05) is 0 Å². The Morgan fingerprint density at radius 2 is 2.62 bits per heavy atom. The number of carbonyl (C=O) groups excluding carboxylic acids is 1. The summed E-state index contributed by atoms with van der Waals surface area (Å²) in [6.07, 6.45) is 0. The molecule has 0 aliphatic rings. The average Bonchev–Trinajstić information content (AvgIpc) is 2.12. The molecule has 0 saturated carbocycles. The van der Waals surface area contributed by atoms with Crippen LogP contribution in [0, 0.1) is 5.38 Å². The first-order chi connectivity index (χ1) is 3.80. The molecule has 0 bridgehead atoms. The SMILES string of the molecule is CC(=O)c1[c]scc1. The number of rotatable bonds is 1. The van der Waals surface area contributed by atoms with Crippen molar-refractivity contribution in [1.82, 2.24) is 0 Å². The van der Waals surface area contributed by atoms with Gasteiger partial charge in [-0.2, -0.15) is 0 Å². The second kappa shape index (κ2) is 2.09. The molecule has 0 spiro atoms. The Hall–Kier alpha value is -0.630. The van der Waals surface area contributed by atoms with Gasteiger partial charge in [0.15, 0.2) is 5.78 Å². The molecular formula is C6H5OS. The predicted octanol–water partition coefficient (Wildman–Crippen LogP) is 1.75. The molecule has 41 valence electrons. The van der Waals surface area contributed by atoms with E-state index in [4.69, 9.17) is 0 Å². The maximum absolute atomic E-state index is 10.5. The van der Waals surface area contributed by atoms with E-state index in [2.05, 4.69) is 5.38 Å². The van der Waals surface area contributed by atoms with Crippen molar-refractivity contribution in [1.29, 1.82) is 0 Å². The largest absolute Gasteiger partial charge is 0.294 e. The van der Waals surface area contributed by atoms with Gasteiger partial charge in [-0.15, -0.1) is 11.3 Å². The van der Waals surface area contributed by atoms with Gasteiger partial charge in [0, 0.05) is 5.56 Å². The van der Waals surface area contributed by atoms with Crippen LogP contribution in [0.3, 0.4) is 0 Å². The van der Waals surface area contributed by atoms with Crippen LogP contribution in [0.5, 0.6) is 0 Å². The number of Topliss-reactive ketones (excluding diaryl/α,β-unsaturated/α-hetero) is 1. The zero-order valence-electron chi connectivity index (χ0n) is 4.47. The van der Waals surface area contributed by atoms with Crippen LogP contribution in [0.4, 0.5) is 0 Å². The fraction of sp³-hybridized carbons (Fsp3) is 0.167. The summed E-state index contributed by atoms with van der Waals surface area (Å²) in [7, 11) is 0. The first kappa shape index (κ1) is 5.51. The first-order valence-electron chi connectivity index (χ1n) is 2.27.